The Morgan fingerprint density at radius 2 is 1.66 bits per heavy atom. The highest BCUT2D eigenvalue weighted by Crippen LogP contribution is 2.50. The highest BCUT2D eigenvalue weighted by molar-refractivity contribution is 9.10. The van der Waals surface area contributed by atoms with E-state index in [4.69, 9.17) is 32.7 Å². The first-order valence-corrected chi connectivity index (χ1v) is 15.4. The van der Waals surface area contributed by atoms with E-state index in [9.17, 15) is 4.79 Å². The maximum atomic E-state index is 13.4. The molecule has 0 saturated carbocycles. The van der Waals surface area contributed by atoms with Crippen LogP contribution >= 0.6 is 50.5 Å². The van der Waals surface area contributed by atoms with Crippen molar-refractivity contribution in [2.45, 2.75) is 13.5 Å². The Labute approximate surface area is 260 Å². The van der Waals surface area contributed by atoms with Gasteiger partial charge >= 0.3 is 0 Å². The van der Waals surface area contributed by atoms with Gasteiger partial charge in [0.2, 0.25) is 0 Å². The lowest BCUT2D eigenvalue weighted by Gasteiger charge is -2.34. The molecule has 2 aromatic carbocycles. The van der Waals surface area contributed by atoms with Crippen LogP contribution in [0.5, 0.6) is 11.5 Å². The summed E-state index contributed by atoms with van der Waals surface area (Å²) in [6, 6.07) is 8.36. The van der Waals surface area contributed by atoms with Crippen molar-refractivity contribution < 1.29 is 14.3 Å². The number of benzene rings is 2. The molecule has 1 aliphatic heterocycles. The second-order valence-electron chi connectivity index (χ2n) is 9.42. The third-order valence-corrected chi connectivity index (χ3v) is 9.43. The zero-order valence-electron chi connectivity index (χ0n) is 22.8. The summed E-state index contributed by atoms with van der Waals surface area (Å²) in [6.45, 7) is 8.66. The smallest absolute Gasteiger partial charge is 0.258 e. The normalized spacial score (nSPS) is 14.3. The molecule has 2 aromatic heterocycles. The van der Waals surface area contributed by atoms with Crippen molar-refractivity contribution in [3.63, 3.8) is 0 Å². The van der Waals surface area contributed by atoms with E-state index in [1.54, 1.807) is 5.38 Å². The van der Waals surface area contributed by atoms with E-state index >= 15 is 0 Å². The van der Waals surface area contributed by atoms with Crippen LogP contribution in [-0.2, 0) is 6.54 Å². The summed E-state index contributed by atoms with van der Waals surface area (Å²) in [4.78, 5) is 27.2. The minimum absolute atomic E-state index is 0.140. The van der Waals surface area contributed by atoms with Crippen molar-refractivity contribution in [3.8, 4) is 11.5 Å². The first kappa shape index (κ1) is 29.8. The van der Waals surface area contributed by atoms with Gasteiger partial charge in [0, 0.05) is 43.8 Å². The van der Waals surface area contributed by atoms with Gasteiger partial charge in [-0.05, 0) is 40.2 Å². The van der Waals surface area contributed by atoms with Crippen LogP contribution in [0.3, 0.4) is 0 Å². The number of carbonyl (C=O) groups excluding carboxylic acids is 1. The first-order chi connectivity index (χ1) is 19.8. The first-order valence-electron chi connectivity index (χ1n) is 13.0. The zero-order chi connectivity index (χ0) is 29.1. The average Bonchev–Trinajstić information content (AvgIpc) is 3.43. The molecule has 0 bridgehead atoms. The van der Waals surface area contributed by atoms with Crippen molar-refractivity contribution in [1.29, 1.82) is 0 Å². The van der Waals surface area contributed by atoms with E-state index in [1.165, 1.54) is 37.4 Å². The van der Waals surface area contributed by atoms with Gasteiger partial charge in [-0.2, -0.15) is 0 Å². The maximum absolute atomic E-state index is 13.4. The Morgan fingerprint density at radius 3 is 2.27 bits per heavy atom. The van der Waals surface area contributed by atoms with E-state index in [-0.39, 0.29) is 27.2 Å². The second kappa shape index (κ2) is 13.1. The number of methoxy groups -OCH3 is 2. The lowest BCUT2D eigenvalue weighted by molar-refractivity contribution is 0.102. The standard InChI is InChI=1S/C28H29BrCl2N6O3S/c1-4-36-9-11-37(12-10-36)13-16-5-7-17(8-6-16)34-27-26-22(32-15-33-27)18(14-41-26)28(38)35-23-20(30)24(39-2)19(29)25(40-3)21(23)31/h5-8,14-15H,4,9-13H2,1-3H3,(H,35,38)(H,32,33,34). The molecule has 1 saturated heterocycles. The molecule has 0 aliphatic carbocycles. The number of likely N-dealkylation sites (N-methyl/N-ethyl adjacent to an activating group) is 1. The van der Waals surface area contributed by atoms with Crippen molar-refractivity contribution in [2.24, 2.45) is 0 Å². The van der Waals surface area contributed by atoms with E-state index < -0.39 is 5.91 Å². The van der Waals surface area contributed by atoms with Crippen LogP contribution in [0, 0.1) is 0 Å². The molecule has 1 aliphatic rings. The van der Waals surface area contributed by atoms with Crippen molar-refractivity contribution in [1.82, 2.24) is 19.8 Å². The number of anilines is 3. The Kier molecular flexibility index (Phi) is 9.52. The van der Waals surface area contributed by atoms with Gasteiger partial charge in [0.1, 0.15) is 20.8 Å². The summed E-state index contributed by atoms with van der Waals surface area (Å²) in [5.41, 5.74) is 3.21. The van der Waals surface area contributed by atoms with Gasteiger partial charge in [0.05, 0.1) is 35.7 Å². The largest absolute Gasteiger partial charge is 0.494 e. The van der Waals surface area contributed by atoms with Gasteiger partial charge in [-0.1, -0.05) is 42.3 Å². The molecule has 4 aromatic rings. The predicted octanol–water partition coefficient (Wildman–Crippen LogP) is 6.91. The van der Waals surface area contributed by atoms with Gasteiger partial charge in [0.25, 0.3) is 5.91 Å². The molecule has 0 unspecified atom stereocenters. The number of nitrogens with zero attached hydrogens (tertiary/aromatic N) is 4. The molecular weight excluding hydrogens is 651 g/mol. The number of nitrogens with one attached hydrogen (secondary N) is 2. The number of hydrogen-bond acceptors (Lipinski definition) is 9. The fourth-order valence-corrected chi connectivity index (χ4v) is 7.29. The summed E-state index contributed by atoms with van der Waals surface area (Å²) in [5.74, 6) is 0.764. The minimum atomic E-state index is -0.430. The lowest BCUT2D eigenvalue weighted by Crippen LogP contribution is -2.45. The topological polar surface area (TPSA) is 91.9 Å². The monoisotopic (exact) mass is 678 g/mol. The number of thiophene rings is 1. The molecule has 41 heavy (non-hydrogen) atoms. The number of aromatic nitrogens is 2. The number of hydrogen-bond donors (Lipinski definition) is 2. The maximum Gasteiger partial charge on any atom is 0.258 e. The highest BCUT2D eigenvalue weighted by atomic mass is 79.9. The van der Waals surface area contributed by atoms with Gasteiger partial charge < -0.3 is 25.0 Å². The van der Waals surface area contributed by atoms with Crippen LogP contribution in [0.2, 0.25) is 10.0 Å². The predicted molar refractivity (Wildman–Crippen MR) is 170 cm³/mol. The number of halogens is 3. The summed E-state index contributed by atoms with van der Waals surface area (Å²) in [5, 5.41) is 8.19. The number of amides is 1. The molecule has 0 spiro atoms. The molecular formula is C28H29BrCl2N6O3S. The van der Waals surface area contributed by atoms with E-state index in [0.29, 0.717) is 21.4 Å². The molecule has 1 amide bonds. The Bertz CT molecular complexity index is 1530. The van der Waals surface area contributed by atoms with Crippen LogP contribution in [0.1, 0.15) is 22.8 Å². The Morgan fingerprint density at radius 1 is 1.02 bits per heavy atom. The van der Waals surface area contributed by atoms with Gasteiger partial charge in [-0.3, -0.25) is 9.69 Å². The van der Waals surface area contributed by atoms with Crippen LogP contribution < -0.4 is 20.1 Å². The molecule has 216 valence electrons. The van der Waals surface area contributed by atoms with Crippen molar-refractivity contribution in [2.75, 3.05) is 57.6 Å². The average molecular weight is 680 g/mol. The number of carbonyl (C=O) groups is 1. The van der Waals surface area contributed by atoms with E-state index in [1.807, 2.05) is 12.1 Å². The van der Waals surface area contributed by atoms with Crippen LogP contribution in [0.25, 0.3) is 10.2 Å². The molecule has 1 fully saturated rings. The Balaban J connectivity index is 1.32. The third-order valence-electron chi connectivity index (χ3n) is 7.02. The SMILES string of the molecule is CCN1CCN(Cc2ccc(Nc3ncnc4c(C(=O)Nc5c(Cl)c(OC)c(Br)c(OC)c5Cl)csc34)cc2)CC1. The van der Waals surface area contributed by atoms with E-state index in [0.717, 1.165) is 49.7 Å². The number of fused-ring (bicyclic) bond motifs is 1. The molecule has 5 rings (SSSR count). The summed E-state index contributed by atoms with van der Waals surface area (Å²) in [7, 11) is 2.93. The molecule has 0 radical (unpaired) electrons. The summed E-state index contributed by atoms with van der Waals surface area (Å²) < 4.78 is 12.0. The molecule has 9 nitrogen and oxygen atoms in total. The Hall–Kier alpha value is -2.67. The molecule has 3 heterocycles. The zero-order valence-corrected chi connectivity index (χ0v) is 26.7. The van der Waals surface area contributed by atoms with Gasteiger partial charge in [-0.25, -0.2) is 9.97 Å². The lowest BCUT2D eigenvalue weighted by atomic mass is 10.1. The van der Waals surface area contributed by atoms with Crippen LogP contribution in [0.4, 0.5) is 17.2 Å². The number of ether oxygens (including phenoxy) is 2. The molecule has 2 N–H and O–H groups in total. The fourth-order valence-electron chi connectivity index (χ4n) is 4.72. The molecule has 13 heteroatoms. The minimum Gasteiger partial charge on any atom is -0.494 e. The van der Waals surface area contributed by atoms with Crippen LogP contribution in [0.15, 0.2) is 40.4 Å². The number of piperazine rings is 1. The van der Waals surface area contributed by atoms with Gasteiger partial charge in [-0.15, -0.1) is 11.3 Å². The van der Waals surface area contributed by atoms with E-state index in [2.05, 4.69) is 65.4 Å². The second-order valence-corrected chi connectivity index (χ2v) is 11.8. The van der Waals surface area contributed by atoms with Crippen LogP contribution in [-0.4, -0.2) is 72.6 Å². The number of rotatable bonds is 9. The molecule has 0 atom stereocenters. The summed E-state index contributed by atoms with van der Waals surface area (Å²) >= 11 is 17.8. The highest BCUT2D eigenvalue weighted by Gasteiger charge is 2.25. The summed E-state index contributed by atoms with van der Waals surface area (Å²) in [6.07, 6.45) is 1.43. The van der Waals surface area contributed by atoms with Gasteiger partial charge in [0.15, 0.2) is 17.3 Å². The third kappa shape index (κ3) is 6.25. The van der Waals surface area contributed by atoms with Crippen molar-refractivity contribution >= 4 is 83.8 Å². The quantitative estimate of drug-likeness (QED) is 0.197. The fraction of sp³-hybridized carbons (Fsp3) is 0.321. The van der Waals surface area contributed by atoms with Crippen molar-refractivity contribution in [3.05, 3.63) is 61.6 Å².